The van der Waals surface area contributed by atoms with Gasteiger partial charge in [-0.3, -0.25) is 0 Å². The number of oxazole rings is 1. The molecule has 0 amide bonds. The third kappa shape index (κ3) is 3.32. The second-order valence-corrected chi connectivity index (χ2v) is 8.10. The molecule has 1 fully saturated rings. The minimum absolute atomic E-state index is 0.00201. The molecule has 0 aromatic carbocycles. The Balaban J connectivity index is 2.09. The fraction of sp³-hybridized carbons (Fsp3) is 0.750. The first-order valence-corrected chi connectivity index (χ1v) is 7.97. The Morgan fingerprint density at radius 1 is 1.50 bits per heavy atom. The average molecular weight is 272 g/mol. The zero-order valence-corrected chi connectivity index (χ0v) is 11.9. The molecule has 18 heavy (non-hydrogen) atoms. The number of hydrogen-bond donors (Lipinski definition) is 1. The maximum atomic E-state index is 11.5. The molecule has 2 heterocycles. The number of nitrogens with zero attached hydrogens (tertiary/aromatic N) is 1. The van der Waals surface area contributed by atoms with Gasteiger partial charge in [-0.25, -0.2) is 13.4 Å². The summed E-state index contributed by atoms with van der Waals surface area (Å²) < 4.78 is 28.4. The van der Waals surface area contributed by atoms with Crippen LogP contribution in [0.4, 0.5) is 0 Å². The van der Waals surface area contributed by atoms with E-state index in [2.05, 4.69) is 31.1 Å². The fourth-order valence-electron chi connectivity index (χ4n) is 2.09. The van der Waals surface area contributed by atoms with E-state index in [1.165, 1.54) is 6.39 Å². The van der Waals surface area contributed by atoms with Gasteiger partial charge in [0.15, 0.2) is 16.2 Å². The van der Waals surface area contributed by atoms with Gasteiger partial charge in [-0.1, -0.05) is 0 Å². The Hall–Kier alpha value is -0.880. The van der Waals surface area contributed by atoms with Gasteiger partial charge in [-0.2, -0.15) is 0 Å². The zero-order valence-electron chi connectivity index (χ0n) is 11.1. The van der Waals surface area contributed by atoms with Crippen molar-refractivity contribution >= 4 is 9.84 Å². The maximum absolute atomic E-state index is 11.5. The Labute approximate surface area is 108 Å². The van der Waals surface area contributed by atoms with Crippen molar-refractivity contribution in [2.45, 2.75) is 45.2 Å². The minimum atomic E-state index is -2.89. The first-order valence-electron chi connectivity index (χ1n) is 6.14. The lowest BCUT2D eigenvalue weighted by Crippen LogP contribution is -2.35. The van der Waals surface area contributed by atoms with Crippen LogP contribution in [-0.2, 0) is 16.4 Å². The van der Waals surface area contributed by atoms with Crippen molar-refractivity contribution in [2.24, 2.45) is 0 Å². The van der Waals surface area contributed by atoms with Gasteiger partial charge in [0, 0.05) is 18.0 Å². The van der Waals surface area contributed by atoms with Crippen LogP contribution in [0.1, 0.15) is 44.6 Å². The highest BCUT2D eigenvalue weighted by molar-refractivity contribution is 7.91. The number of aromatic nitrogens is 1. The van der Waals surface area contributed by atoms with E-state index in [0.717, 1.165) is 11.5 Å². The van der Waals surface area contributed by atoms with E-state index >= 15 is 0 Å². The molecular weight excluding hydrogens is 252 g/mol. The molecule has 1 saturated heterocycles. The molecule has 1 aliphatic rings. The molecule has 0 saturated carbocycles. The van der Waals surface area contributed by atoms with Gasteiger partial charge in [0.05, 0.1) is 17.2 Å². The van der Waals surface area contributed by atoms with E-state index in [0.29, 0.717) is 13.0 Å². The van der Waals surface area contributed by atoms with Crippen LogP contribution in [0.15, 0.2) is 10.8 Å². The highest BCUT2D eigenvalue weighted by Crippen LogP contribution is 2.30. The van der Waals surface area contributed by atoms with Gasteiger partial charge in [-0.05, 0) is 27.2 Å². The number of rotatable bonds is 3. The van der Waals surface area contributed by atoms with Crippen LogP contribution in [0.2, 0.25) is 0 Å². The lowest BCUT2D eigenvalue weighted by Gasteiger charge is -2.20. The van der Waals surface area contributed by atoms with E-state index < -0.39 is 9.84 Å². The van der Waals surface area contributed by atoms with E-state index in [1.54, 1.807) is 0 Å². The van der Waals surface area contributed by atoms with Gasteiger partial charge in [0.1, 0.15) is 5.76 Å². The zero-order chi connectivity index (χ0) is 13.4. The summed E-state index contributed by atoms with van der Waals surface area (Å²) in [6, 6.07) is 0. The Kier molecular flexibility index (Phi) is 3.51. The van der Waals surface area contributed by atoms with Crippen molar-refractivity contribution in [1.29, 1.82) is 0 Å². The largest absolute Gasteiger partial charge is 0.448 e. The van der Waals surface area contributed by atoms with Crippen molar-refractivity contribution in [3.05, 3.63) is 17.8 Å². The lowest BCUT2D eigenvalue weighted by atomic mass is 10.0. The summed E-state index contributed by atoms with van der Waals surface area (Å²) in [5.41, 5.74) is 0.824. The van der Waals surface area contributed by atoms with Gasteiger partial charge < -0.3 is 9.73 Å². The van der Waals surface area contributed by atoms with Crippen molar-refractivity contribution < 1.29 is 12.8 Å². The van der Waals surface area contributed by atoms with Crippen LogP contribution >= 0.6 is 0 Å². The fourth-order valence-corrected chi connectivity index (χ4v) is 3.84. The Bertz CT molecular complexity index is 514. The second-order valence-electron chi connectivity index (χ2n) is 5.87. The van der Waals surface area contributed by atoms with Gasteiger partial charge >= 0.3 is 0 Å². The van der Waals surface area contributed by atoms with Crippen LogP contribution in [0.3, 0.4) is 0 Å². The molecule has 1 unspecified atom stereocenters. The molecule has 1 aromatic heterocycles. The van der Waals surface area contributed by atoms with Gasteiger partial charge in [0.2, 0.25) is 0 Å². The van der Waals surface area contributed by atoms with Crippen LogP contribution in [0.5, 0.6) is 0 Å². The summed E-state index contributed by atoms with van der Waals surface area (Å²) in [4.78, 5) is 4.19. The summed E-state index contributed by atoms with van der Waals surface area (Å²) >= 11 is 0. The standard InChI is InChI=1S/C12H20N2O3S/c1-12(2,3)14-6-10-11(17-8-13-10)9-4-5-18(15,16)7-9/h8-9,14H,4-7H2,1-3H3. The van der Waals surface area contributed by atoms with Crippen molar-refractivity contribution in [3.8, 4) is 0 Å². The van der Waals surface area contributed by atoms with E-state index in [1.807, 2.05) is 0 Å². The molecule has 6 heteroatoms. The first kappa shape index (κ1) is 13.5. The third-order valence-corrected chi connectivity index (χ3v) is 4.83. The molecule has 1 N–H and O–H groups in total. The van der Waals surface area contributed by atoms with Crippen LogP contribution in [0, 0.1) is 0 Å². The molecule has 1 aliphatic heterocycles. The SMILES string of the molecule is CC(C)(C)NCc1ncoc1C1CCS(=O)(=O)C1. The van der Waals surface area contributed by atoms with Gasteiger partial charge in [0.25, 0.3) is 0 Å². The second kappa shape index (κ2) is 4.66. The Morgan fingerprint density at radius 2 is 2.22 bits per heavy atom. The molecule has 1 atom stereocenters. The first-order chi connectivity index (χ1) is 8.27. The Morgan fingerprint density at radius 3 is 2.78 bits per heavy atom. The molecule has 0 bridgehead atoms. The number of sulfone groups is 1. The monoisotopic (exact) mass is 272 g/mol. The summed E-state index contributed by atoms with van der Waals surface area (Å²) in [5.74, 6) is 1.14. The van der Waals surface area contributed by atoms with Crippen LogP contribution < -0.4 is 5.32 Å². The van der Waals surface area contributed by atoms with Crippen molar-refractivity contribution in [3.63, 3.8) is 0 Å². The topological polar surface area (TPSA) is 72.2 Å². The van der Waals surface area contributed by atoms with Crippen LogP contribution in [-0.4, -0.2) is 30.4 Å². The number of nitrogens with one attached hydrogen (secondary N) is 1. The third-order valence-electron chi connectivity index (χ3n) is 3.06. The molecule has 2 rings (SSSR count). The quantitative estimate of drug-likeness (QED) is 0.902. The normalized spacial score (nSPS) is 23.4. The maximum Gasteiger partial charge on any atom is 0.181 e. The summed E-state index contributed by atoms with van der Waals surface area (Å²) in [5, 5.41) is 3.34. The van der Waals surface area contributed by atoms with Crippen molar-refractivity contribution in [1.82, 2.24) is 10.3 Å². The molecule has 5 nitrogen and oxygen atoms in total. The summed E-state index contributed by atoms with van der Waals surface area (Å²) in [6.07, 6.45) is 2.04. The predicted octanol–water partition coefficient (Wildman–Crippen LogP) is 1.46. The van der Waals surface area contributed by atoms with Crippen molar-refractivity contribution in [2.75, 3.05) is 11.5 Å². The summed E-state index contributed by atoms with van der Waals surface area (Å²) in [6.45, 7) is 6.83. The summed E-state index contributed by atoms with van der Waals surface area (Å²) in [7, 11) is -2.89. The molecule has 0 radical (unpaired) electrons. The van der Waals surface area contributed by atoms with E-state index in [-0.39, 0.29) is 23.0 Å². The highest BCUT2D eigenvalue weighted by atomic mass is 32.2. The average Bonchev–Trinajstić information content (AvgIpc) is 2.79. The lowest BCUT2D eigenvalue weighted by molar-refractivity contribution is 0.414. The molecule has 1 aromatic rings. The van der Waals surface area contributed by atoms with E-state index in [9.17, 15) is 8.42 Å². The molecule has 0 aliphatic carbocycles. The van der Waals surface area contributed by atoms with Gasteiger partial charge in [-0.15, -0.1) is 0 Å². The smallest absolute Gasteiger partial charge is 0.181 e. The van der Waals surface area contributed by atoms with E-state index in [4.69, 9.17) is 4.42 Å². The molecule has 102 valence electrons. The number of hydrogen-bond acceptors (Lipinski definition) is 5. The molecule has 0 spiro atoms. The highest BCUT2D eigenvalue weighted by Gasteiger charge is 2.33. The predicted molar refractivity (Wildman–Crippen MR) is 69.1 cm³/mol. The molecular formula is C12H20N2O3S. The minimum Gasteiger partial charge on any atom is -0.448 e. The van der Waals surface area contributed by atoms with Crippen LogP contribution in [0.25, 0.3) is 0 Å².